The second kappa shape index (κ2) is 12.7. The number of guanidine groups is 1. The average molecular weight is 575 g/mol. The highest BCUT2D eigenvalue weighted by Crippen LogP contribution is 2.20. The van der Waals surface area contributed by atoms with Gasteiger partial charge in [-0.25, -0.2) is 4.98 Å². The lowest BCUT2D eigenvalue weighted by Crippen LogP contribution is -2.51. The van der Waals surface area contributed by atoms with Gasteiger partial charge in [0.2, 0.25) is 0 Å². The Morgan fingerprint density at radius 3 is 2.62 bits per heavy atom. The molecule has 1 aliphatic heterocycles. The Labute approximate surface area is 218 Å². The third-order valence-electron chi connectivity index (χ3n) is 6.11. The number of aliphatic imine (C=N–C) groups is 1. The van der Waals surface area contributed by atoms with Crippen LogP contribution in [0.25, 0.3) is 11.4 Å². The zero-order valence-corrected chi connectivity index (χ0v) is 22.3. The van der Waals surface area contributed by atoms with Gasteiger partial charge in [0, 0.05) is 37.8 Å². The summed E-state index contributed by atoms with van der Waals surface area (Å²) in [5.41, 5.74) is 2.31. The molecule has 2 aromatic carbocycles. The Morgan fingerprint density at radius 1 is 1.18 bits per heavy atom. The number of ether oxygens (including phenoxy) is 1. The molecule has 0 bridgehead atoms. The maximum Gasteiger partial charge on any atom is 0.191 e. The molecule has 2 atom stereocenters. The van der Waals surface area contributed by atoms with Gasteiger partial charge in [-0.15, -0.1) is 24.0 Å². The lowest BCUT2D eigenvalue weighted by molar-refractivity contribution is 0.134. The Morgan fingerprint density at radius 2 is 1.94 bits per heavy atom. The van der Waals surface area contributed by atoms with Gasteiger partial charge < -0.3 is 15.4 Å². The van der Waals surface area contributed by atoms with Crippen LogP contribution in [0.4, 0.5) is 0 Å². The van der Waals surface area contributed by atoms with Crippen molar-refractivity contribution in [3.8, 4) is 17.1 Å². The van der Waals surface area contributed by atoms with Gasteiger partial charge in [-0.2, -0.15) is 5.10 Å². The zero-order valence-electron chi connectivity index (χ0n) is 20.0. The van der Waals surface area contributed by atoms with Crippen LogP contribution in [0.3, 0.4) is 0 Å². The maximum absolute atomic E-state index is 5.21. The fourth-order valence-electron chi connectivity index (χ4n) is 4.20. The summed E-state index contributed by atoms with van der Waals surface area (Å²) in [7, 11) is 3.45. The molecule has 34 heavy (non-hydrogen) atoms. The fraction of sp³-hybridized carbons (Fsp3) is 0.400. The van der Waals surface area contributed by atoms with Gasteiger partial charge in [-0.05, 0) is 49.6 Å². The summed E-state index contributed by atoms with van der Waals surface area (Å²) in [6, 6.07) is 19.3. The van der Waals surface area contributed by atoms with Crippen LogP contribution in [-0.4, -0.2) is 58.8 Å². The molecule has 2 heterocycles. The first-order valence-corrected chi connectivity index (χ1v) is 11.5. The molecule has 3 N–H and O–H groups in total. The van der Waals surface area contributed by atoms with Crippen molar-refractivity contribution in [3.63, 3.8) is 0 Å². The Balaban J connectivity index is 0.00000324. The van der Waals surface area contributed by atoms with E-state index in [1.54, 1.807) is 14.2 Å². The highest BCUT2D eigenvalue weighted by molar-refractivity contribution is 14.0. The third-order valence-corrected chi connectivity index (χ3v) is 6.11. The number of hydrogen-bond donors (Lipinski definition) is 3. The van der Waals surface area contributed by atoms with Crippen LogP contribution >= 0.6 is 24.0 Å². The van der Waals surface area contributed by atoms with E-state index in [-0.39, 0.29) is 24.0 Å². The van der Waals surface area contributed by atoms with Gasteiger partial charge in [0.05, 0.1) is 13.7 Å². The van der Waals surface area contributed by atoms with E-state index < -0.39 is 0 Å². The predicted octanol–water partition coefficient (Wildman–Crippen LogP) is 3.82. The molecule has 1 fully saturated rings. The first-order valence-electron chi connectivity index (χ1n) is 11.5. The number of rotatable bonds is 7. The molecule has 4 rings (SSSR count). The molecule has 182 valence electrons. The molecule has 0 spiro atoms. The van der Waals surface area contributed by atoms with Crippen molar-refractivity contribution in [1.82, 2.24) is 30.7 Å². The van der Waals surface area contributed by atoms with Crippen LogP contribution < -0.4 is 15.4 Å². The van der Waals surface area contributed by atoms with Gasteiger partial charge >= 0.3 is 0 Å². The van der Waals surface area contributed by atoms with Crippen molar-refractivity contribution in [1.29, 1.82) is 0 Å². The van der Waals surface area contributed by atoms with Gasteiger partial charge in [-0.3, -0.25) is 15.0 Å². The van der Waals surface area contributed by atoms with Crippen molar-refractivity contribution in [2.75, 3.05) is 20.7 Å². The van der Waals surface area contributed by atoms with Crippen molar-refractivity contribution in [3.05, 3.63) is 66.0 Å². The molecular formula is C25H34IN7O. The van der Waals surface area contributed by atoms with Crippen molar-refractivity contribution >= 4 is 29.9 Å². The van der Waals surface area contributed by atoms with Crippen molar-refractivity contribution in [2.45, 2.75) is 44.9 Å². The molecule has 3 aromatic rings. The molecule has 0 amide bonds. The topological polar surface area (TPSA) is 90.5 Å². The van der Waals surface area contributed by atoms with Gasteiger partial charge in [0.1, 0.15) is 11.6 Å². The summed E-state index contributed by atoms with van der Waals surface area (Å²) >= 11 is 0. The van der Waals surface area contributed by atoms with Crippen molar-refractivity contribution in [2.24, 2.45) is 4.99 Å². The molecule has 0 aliphatic carbocycles. The van der Waals surface area contributed by atoms with Crippen LogP contribution in [0, 0.1) is 0 Å². The maximum atomic E-state index is 5.21. The molecule has 8 nitrogen and oxygen atoms in total. The monoisotopic (exact) mass is 575 g/mol. The third kappa shape index (κ3) is 6.92. The fourth-order valence-corrected chi connectivity index (χ4v) is 4.20. The van der Waals surface area contributed by atoms with Gasteiger partial charge in [-0.1, -0.05) is 30.3 Å². The number of halogens is 1. The highest BCUT2D eigenvalue weighted by Gasteiger charge is 2.26. The minimum absolute atomic E-state index is 0. The summed E-state index contributed by atoms with van der Waals surface area (Å²) in [5, 5.41) is 14.3. The first kappa shape index (κ1) is 26.0. The largest absolute Gasteiger partial charge is 0.497 e. The summed E-state index contributed by atoms with van der Waals surface area (Å²) in [4.78, 5) is 11.5. The van der Waals surface area contributed by atoms with E-state index in [0.29, 0.717) is 24.5 Å². The highest BCUT2D eigenvalue weighted by atomic mass is 127. The molecule has 0 radical (unpaired) electrons. The zero-order chi connectivity index (χ0) is 23.0. The normalized spacial score (nSPS) is 18.7. The molecule has 1 saturated heterocycles. The SMILES string of the molecule is CN=C(NCc1nc(-c2ccc(OC)cc2)n[nH]1)NC1CCN(Cc2ccccc2)C(C)C1.I. The molecule has 2 unspecified atom stereocenters. The Kier molecular flexibility index (Phi) is 9.70. The number of nitrogens with one attached hydrogen (secondary N) is 3. The van der Waals surface area contributed by atoms with Crippen LogP contribution in [0.5, 0.6) is 5.75 Å². The van der Waals surface area contributed by atoms with Gasteiger partial charge in [0.15, 0.2) is 11.8 Å². The van der Waals surface area contributed by atoms with Gasteiger partial charge in [0.25, 0.3) is 0 Å². The second-order valence-corrected chi connectivity index (χ2v) is 8.43. The quantitative estimate of drug-likeness (QED) is 0.226. The summed E-state index contributed by atoms with van der Waals surface area (Å²) in [6.45, 7) is 4.90. The number of H-pyrrole nitrogens is 1. The number of nitrogens with zero attached hydrogens (tertiary/aromatic N) is 4. The number of piperidine rings is 1. The molecule has 1 aliphatic rings. The summed E-state index contributed by atoms with van der Waals surface area (Å²) in [5.74, 6) is 3.02. The van der Waals surface area contributed by atoms with Crippen molar-refractivity contribution < 1.29 is 4.74 Å². The predicted molar refractivity (Wildman–Crippen MR) is 146 cm³/mol. The number of likely N-dealkylation sites (tertiary alicyclic amines) is 1. The lowest BCUT2D eigenvalue weighted by Gasteiger charge is -2.38. The van der Waals surface area contributed by atoms with E-state index in [1.807, 2.05) is 24.3 Å². The van der Waals surface area contributed by atoms with E-state index in [2.05, 4.69) is 73.0 Å². The minimum Gasteiger partial charge on any atom is -0.497 e. The standard InChI is InChI=1S/C25H33N7O.HI/c1-18-15-21(13-14-32(18)17-19-7-5-4-6-8-19)28-25(26-2)27-16-23-29-24(31-30-23)20-9-11-22(33-3)12-10-20;/h4-12,18,21H,13-17H2,1-3H3,(H2,26,27,28)(H,29,30,31);1H. The Bertz CT molecular complexity index is 1040. The number of benzene rings is 2. The number of methoxy groups -OCH3 is 1. The van der Waals surface area contributed by atoms with E-state index in [1.165, 1.54) is 5.56 Å². The number of aromatic amines is 1. The van der Waals surface area contributed by atoms with Crippen LogP contribution in [0.15, 0.2) is 59.6 Å². The molecule has 9 heteroatoms. The van der Waals surface area contributed by atoms with E-state index in [0.717, 1.165) is 49.0 Å². The lowest BCUT2D eigenvalue weighted by atomic mass is 9.97. The number of hydrogen-bond acceptors (Lipinski definition) is 5. The minimum atomic E-state index is 0. The average Bonchev–Trinajstić information content (AvgIpc) is 3.33. The van der Waals surface area contributed by atoms with E-state index in [4.69, 9.17) is 4.74 Å². The summed E-state index contributed by atoms with van der Waals surface area (Å²) in [6.07, 6.45) is 2.17. The molecule has 1 aromatic heterocycles. The molecular weight excluding hydrogens is 541 g/mol. The molecule has 0 saturated carbocycles. The van der Waals surface area contributed by atoms with E-state index >= 15 is 0 Å². The first-order chi connectivity index (χ1) is 16.1. The van der Waals surface area contributed by atoms with Crippen LogP contribution in [0.1, 0.15) is 31.2 Å². The second-order valence-electron chi connectivity index (χ2n) is 8.43. The summed E-state index contributed by atoms with van der Waals surface area (Å²) < 4.78 is 5.21. The van der Waals surface area contributed by atoms with E-state index in [9.17, 15) is 0 Å². The van der Waals surface area contributed by atoms with Crippen LogP contribution in [0.2, 0.25) is 0 Å². The smallest absolute Gasteiger partial charge is 0.191 e. The Hall–Kier alpha value is -2.66. The van der Waals surface area contributed by atoms with Crippen LogP contribution in [-0.2, 0) is 13.1 Å². The number of aromatic nitrogens is 3.